The number of hydrogen-bond acceptors (Lipinski definition) is 4. The number of aromatic amines is 1. The van der Waals surface area contributed by atoms with Crippen molar-refractivity contribution in [2.75, 3.05) is 19.8 Å². The molecule has 3 N–H and O–H groups in total. The fourth-order valence-electron chi connectivity index (χ4n) is 2.49. The summed E-state index contributed by atoms with van der Waals surface area (Å²) in [5.41, 5.74) is 0.616. The molecule has 5 heteroatoms. The van der Waals surface area contributed by atoms with Crippen LogP contribution in [0.3, 0.4) is 0 Å². The van der Waals surface area contributed by atoms with E-state index in [0.29, 0.717) is 38.3 Å². The number of aliphatic hydroxyl groups is 1. The minimum Gasteiger partial charge on any atom is -0.386 e. The molecule has 1 aliphatic rings. The number of fused-ring (bicyclic) bond motifs is 1. The molecule has 0 bridgehead atoms. The van der Waals surface area contributed by atoms with Crippen molar-refractivity contribution < 1.29 is 9.84 Å². The summed E-state index contributed by atoms with van der Waals surface area (Å²) in [7, 11) is 0. The molecule has 0 spiro atoms. The van der Waals surface area contributed by atoms with E-state index in [-0.39, 0.29) is 5.56 Å². The monoisotopic (exact) mass is 274 g/mol. The molecule has 1 fully saturated rings. The summed E-state index contributed by atoms with van der Waals surface area (Å²) >= 11 is 0. The summed E-state index contributed by atoms with van der Waals surface area (Å²) in [6.45, 7) is 1.81. The molecule has 0 saturated carbocycles. The van der Waals surface area contributed by atoms with Crippen LogP contribution in [-0.2, 0) is 11.3 Å². The van der Waals surface area contributed by atoms with Crippen LogP contribution < -0.4 is 10.9 Å². The van der Waals surface area contributed by atoms with Gasteiger partial charge in [-0.15, -0.1) is 0 Å². The van der Waals surface area contributed by atoms with Crippen molar-refractivity contribution >= 4 is 10.9 Å². The maximum atomic E-state index is 12.0. The van der Waals surface area contributed by atoms with Gasteiger partial charge in [-0.05, 0) is 17.5 Å². The van der Waals surface area contributed by atoms with Crippen molar-refractivity contribution in [2.24, 2.45) is 0 Å². The van der Waals surface area contributed by atoms with Gasteiger partial charge >= 0.3 is 0 Å². The van der Waals surface area contributed by atoms with Crippen LogP contribution in [0, 0.1) is 0 Å². The number of ether oxygens (including phenoxy) is 1. The first-order valence-corrected chi connectivity index (χ1v) is 6.78. The lowest BCUT2D eigenvalue weighted by Crippen LogP contribution is -2.41. The van der Waals surface area contributed by atoms with Gasteiger partial charge < -0.3 is 20.1 Å². The highest BCUT2D eigenvalue weighted by molar-refractivity contribution is 5.78. The average Bonchev–Trinajstić information content (AvgIpc) is 2.86. The third-order valence-corrected chi connectivity index (χ3v) is 3.68. The molecule has 1 aromatic heterocycles. The lowest BCUT2D eigenvalue weighted by Gasteiger charge is -2.20. The molecule has 20 heavy (non-hydrogen) atoms. The molecule has 5 nitrogen and oxygen atoms in total. The summed E-state index contributed by atoms with van der Waals surface area (Å²) in [6.07, 6.45) is 0.633. The second-order valence-corrected chi connectivity index (χ2v) is 5.34. The van der Waals surface area contributed by atoms with Crippen molar-refractivity contribution in [3.63, 3.8) is 0 Å². The molecular weight excluding hydrogens is 256 g/mol. The van der Waals surface area contributed by atoms with E-state index >= 15 is 0 Å². The SMILES string of the molecule is O=c1[nH]c2ccccc2cc1CNCC1(O)CCOC1. The number of hydrogen-bond donors (Lipinski definition) is 3. The normalized spacial score (nSPS) is 22.4. The van der Waals surface area contributed by atoms with Gasteiger partial charge in [-0.2, -0.15) is 0 Å². The predicted octanol–water partition coefficient (Wildman–Crippen LogP) is 0.769. The molecule has 1 atom stereocenters. The highest BCUT2D eigenvalue weighted by Crippen LogP contribution is 2.17. The minimum atomic E-state index is -0.802. The second-order valence-electron chi connectivity index (χ2n) is 5.34. The Bertz CT molecular complexity index is 659. The van der Waals surface area contributed by atoms with Crippen LogP contribution in [0.25, 0.3) is 10.9 Å². The third kappa shape index (κ3) is 2.75. The predicted molar refractivity (Wildman–Crippen MR) is 76.7 cm³/mol. The van der Waals surface area contributed by atoms with Crippen molar-refractivity contribution in [1.82, 2.24) is 10.3 Å². The molecule has 2 heterocycles. The fourth-order valence-corrected chi connectivity index (χ4v) is 2.49. The zero-order valence-corrected chi connectivity index (χ0v) is 11.2. The van der Waals surface area contributed by atoms with Crippen molar-refractivity contribution in [3.8, 4) is 0 Å². The Hall–Kier alpha value is -1.69. The van der Waals surface area contributed by atoms with Crippen LogP contribution >= 0.6 is 0 Å². The molecule has 2 aromatic rings. The number of para-hydroxylation sites is 1. The molecule has 1 unspecified atom stereocenters. The summed E-state index contributed by atoms with van der Waals surface area (Å²) in [6, 6.07) is 9.57. The third-order valence-electron chi connectivity index (χ3n) is 3.68. The van der Waals surface area contributed by atoms with Crippen LogP contribution in [-0.4, -0.2) is 35.5 Å². The van der Waals surface area contributed by atoms with Gasteiger partial charge in [0.2, 0.25) is 0 Å². The van der Waals surface area contributed by atoms with Crippen LogP contribution in [0.5, 0.6) is 0 Å². The quantitative estimate of drug-likeness (QED) is 0.770. The number of nitrogens with one attached hydrogen (secondary N) is 2. The summed E-state index contributed by atoms with van der Waals surface area (Å²) < 4.78 is 5.19. The molecule has 1 saturated heterocycles. The molecular formula is C15H18N2O3. The first-order chi connectivity index (χ1) is 9.66. The van der Waals surface area contributed by atoms with Gasteiger partial charge in [-0.1, -0.05) is 18.2 Å². The molecule has 0 aliphatic carbocycles. The van der Waals surface area contributed by atoms with E-state index in [1.807, 2.05) is 30.3 Å². The molecule has 0 radical (unpaired) electrons. The Labute approximate surface area is 116 Å². The van der Waals surface area contributed by atoms with E-state index in [2.05, 4.69) is 10.3 Å². The summed E-state index contributed by atoms with van der Waals surface area (Å²) in [4.78, 5) is 14.8. The number of rotatable bonds is 4. The average molecular weight is 274 g/mol. The Balaban J connectivity index is 1.71. The van der Waals surface area contributed by atoms with E-state index in [1.165, 1.54) is 0 Å². The zero-order valence-electron chi connectivity index (χ0n) is 11.2. The van der Waals surface area contributed by atoms with Crippen molar-refractivity contribution in [2.45, 2.75) is 18.6 Å². The van der Waals surface area contributed by atoms with Gasteiger partial charge in [-0.25, -0.2) is 0 Å². The van der Waals surface area contributed by atoms with Gasteiger partial charge in [0.25, 0.3) is 5.56 Å². The fraction of sp³-hybridized carbons (Fsp3) is 0.400. The lowest BCUT2D eigenvalue weighted by molar-refractivity contribution is 0.0268. The van der Waals surface area contributed by atoms with Crippen LogP contribution in [0.15, 0.2) is 35.1 Å². The first-order valence-electron chi connectivity index (χ1n) is 6.78. The topological polar surface area (TPSA) is 74.4 Å². The molecule has 106 valence electrons. The minimum absolute atomic E-state index is 0.0918. The van der Waals surface area contributed by atoms with E-state index in [9.17, 15) is 9.90 Å². The highest BCUT2D eigenvalue weighted by Gasteiger charge is 2.31. The van der Waals surface area contributed by atoms with Crippen LogP contribution in [0.2, 0.25) is 0 Å². The maximum absolute atomic E-state index is 12.0. The van der Waals surface area contributed by atoms with Crippen molar-refractivity contribution in [1.29, 1.82) is 0 Å². The molecule has 1 aliphatic heterocycles. The van der Waals surface area contributed by atoms with E-state index in [4.69, 9.17) is 4.74 Å². The first kappa shape index (κ1) is 13.3. The lowest BCUT2D eigenvalue weighted by atomic mass is 10.0. The Kier molecular flexibility index (Phi) is 3.56. The zero-order chi connectivity index (χ0) is 14.0. The Morgan fingerprint density at radius 1 is 1.40 bits per heavy atom. The van der Waals surface area contributed by atoms with Gasteiger partial charge in [0, 0.05) is 37.2 Å². The van der Waals surface area contributed by atoms with E-state index in [0.717, 1.165) is 10.9 Å². The van der Waals surface area contributed by atoms with E-state index in [1.54, 1.807) is 0 Å². The maximum Gasteiger partial charge on any atom is 0.252 e. The highest BCUT2D eigenvalue weighted by atomic mass is 16.5. The van der Waals surface area contributed by atoms with E-state index < -0.39 is 5.60 Å². The van der Waals surface area contributed by atoms with Crippen LogP contribution in [0.4, 0.5) is 0 Å². The second kappa shape index (κ2) is 5.36. The molecule has 1 aromatic carbocycles. The molecule has 0 amide bonds. The molecule has 3 rings (SSSR count). The van der Waals surface area contributed by atoms with Crippen molar-refractivity contribution in [3.05, 3.63) is 46.2 Å². The van der Waals surface area contributed by atoms with Crippen LogP contribution in [0.1, 0.15) is 12.0 Å². The summed E-state index contributed by atoms with van der Waals surface area (Å²) in [5.74, 6) is 0. The number of benzene rings is 1. The van der Waals surface area contributed by atoms with Gasteiger partial charge in [0.05, 0.1) is 6.61 Å². The largest absolute Gasteiger partial charge is 0.386 e. The number of aromatic nitrogens is 1. The summed E-state index contributed by atoms with van der Waals surface area (Å²) in [5, 5.41) is 14.3. The Morgan fingerprint density at radius 3 is 3.05 bits per heavy atom. The number of pyridine rings is 1. The van der Waals surface area contributed by atoms with Gasteiger partial charge in [0.1, 0.15) is 5.60 Å². The van der Waals surface area contributed by atoms with Gasteiger partial charge in [-0.3, -0.25) is 4.79 Å². The van der Waals surface area contributed by atoms with Gasteiger partial charge in [0.15, 0.2) is 0 Å². The number of H-pyrrole nitrogens is 1. The Morgan fingerprint density at radius 2 is 2.25 bits per heavy atom. The smallest absolute Gasteiger partial charge is 0.252 e. The standard InChI is InChI=1S/C15H18N2O3/c18-14-12(7-11-3-1-2-4-13(11)17-14)8-16-9-15(19)5-6-20-10-15/h1-4,7,16,19H,5-6,8-10H2,(H,17,18).